The Kier molecular flexibility index (Phi) is 3.65. The summed E-state index contributed by atoms with van der Waals surface area (Å²) in [7, 11) is 0. The van der Waals surface area contributed by atoms with Gasteiger partial charge in [0.15, 0.2) is 23.1 Å². The molecule has 3 heterocycles. The molecular weight excluding hydrogens is 407 g/mol. The molecule has 1 aliphatic rings. The van der Waals surface area contributed by atoms with Crippen LogP contribution in [0.25, 0.3) is 27.9 Å². The van der Waals surface area contributed by atoms with Gasteiger partial charge in [0.1, 0.15) is 5.58 Å². The fourth-order valence-corrected chi connectivity index (χ4v) is 4.35. The zero-order chi connectivity index (χ0) is 18.7. The third kappa shape index (κ3) is 2.58. The molecule has 132 valence electrons. The van der Waals surface area contributed by atoms with Gasteiger partial charge in [-0.2, -0.15) is 0 Å². The molecule has 0 saturated heterocycles. The van der Waals surface area contributed by atoms with Gasteiger partial charge in [-0.25, -0.2) is 0 Å². The Hall–Kier alpha value is -2.60. The minimum absolute atomic E-state index is 0.0958. The molecule has 0 spiro atoms. The predicted octanol–water partition coefficient (Wildman–Crippen LogP) is 6.52. The van der Waals surface area contributed by atoms with Crippen molar-refractivity contribution in [2.45, 2.75) is 0 Å². The summed E-state index contributed by atoms with van der Waals surface area (Å²) in [5, 5.41) is 0.494. The van der Waals surface area contributed by atoms with E-state index in [9.17, 15) is 9.59 Å². The van der Waals surface area contributed by atoms with Gasteiger partial charge in [-0.1, -0.05) is 23.2 Å². The van der Waals surface area contributed by atoms with Crippen molar-refractivity contribution in [3.8, 4) is 11.5 Å². The molecule has 3 aromatic heterocycles. The number of thiophene rings is 1. The van der Waals surface area contributed by atoms with Crippen LogP contribution in [0.5, 0.6) is 0 Å². The smallest absolute Gasteiger partial charge is 0.197 e. The van der Waals surface area contributed by atoms with Crippen molar-refractivity contribution >= 4 is 62.5 Å². The van der Waals surface area contributed by atoms with E-state index < -0.39 is 0 Å². The number of ketones is 2. The van der Waals surface area contributed by atoms with Gasteiger partial charge in [-0.15, -0.1) is 11.3 Å². The summed E-state index contributed by atoms with van der Waals surface area (Å²) in [5.74, 6) is 0.568. The third-order valence-corrected chi connectivity index (χ3v) is 6.05. The number of carbonyl (C=O) groups excluding carboxylic acids is 2. The van der Waals surface area contributed by atoms with Crippen molar-refractivity contribution in [2.75, 3.05) is 0 Å². The van der Waals surface area contributed by atoms with Crippen LogP contribution in [-0.2, 0) is 0 Å². The van der Waals surface area contributed by atoms with Crippen LogP contribution in [-0.4, -0.2) is 11.6 Å². The van der Waals surface area contributed by atoms with E-state index in [1.54, 1.807) is 24.5 Å². The topological polar surface area (TPSA) is 60.4 Å². The molecular formula is C20H8Cl2O4S. The largest absolute Gasteiger partial charge is 0.461 e. The number of hydrogen-bond donors (Lipinski definition) is 0. The number of hydrogen-bond acceptors (Lipinski definition) is 5. The van der Waals surface area contributed by atoms with E-state index >= 15 is 0 Å². The fourth-order valence-electron chi connectivity index (χ4n) is 3.05. The summed E-state index contributed by atoms with van der Waals surface area (Å²) in [5.41, 5.74) is 1.32. The number of allylic oxidation sites excluding steroid dienone is 1. The van der Waals surface area contributed by atoms with E-state index in [-0.39, 0.29) is 38.3 Å². The zero-order valence-corrected chi connectivity index (χ0v) is 15.7. The molecule has 0 fully saturated rings. The highest BCUT2D eigenvalue weighted by atomic mass is 35.5. The van der Waals surface area contributed by atoms with Crippen LogP contribution in [0.4, 0.5) is 0 Å². The van der Waals surface area contributed by atoms with E-state index in [0.717, 1.165) is 9.58 Å². The molecule has 0 N–H and O–H groups in total. The lowest BCUT2D eigenvalue weighted by molar-refractivity contribution is 0.0990. The maximum absolute atomic E-state index is 12.6. The molecule has 0 bridgehead atoms. The van der Waals surface area contributed by atoms with Crippen molar-refractivity contribution in [3.63, 3.8) is 0 Å². The second kappa shape index (κ2) is 5.96. The predicted molar refractivity (Wildman–Crippen MR) is 105 cm³/mol. The minimum Gasteiger partial charge on any atom is -0.461 e. The van der Waals surface area contributed by atoms with Gasteiger partial charge in [0.2, 0.25) is 0 Å². The van der Waals surface area contributed by atoms with E-state index in [1.807, 2.05) is 12.1 Å². The average molecular weight is 415 g/mol. The summed E-state index contributed by atoms with van der Waals surface area (Å²) >= 11 is 13.4. The van der Waals surface area contributed by atoms with Crippen LogP contribution in [0, 0.1) is 0 Å². The summed E-state index contributed by atoms with van der Waals surface area (Å²) < 4.78 is 12.0. The maximum Gasteiger partial charge on any atom is 0.197 e. The Labute approximate surface area is 166 Å². The van der Waals surface area contributed by atoms with Crippen molar-refractivity contribution in [2.24, 2.45) is 0 Å². The third-order valence-electron chi connectivity index (χ3n) is 4.32. The quantitative estimate of drug-likeness (QED) is 0.276. The molecule has 4 nitrogen and oxygen atoms in total. The molecule has 27 heavy (non-hydrogen) atoms. The standard InChI is InChI=1S/C20H8Cl2O4S/c21-13-6-10-11(7-14(13)22)20(24)12(19(10)23)4-9-5-17-18(27-9)8-16(26-17)15-2-1-3-25-15/h1-8H. The molecule has 0 unspecified atom stereocenters. The summed E-state index contributed by atoms with van der Waals surface area (Å²) in [6, 6.07) is 10.1. The summed E-state index contributed by atoms with van der Waals surface area (Å²) in [4.78, 5) is 26.0. The normalized spacial score (nSPS) is 13.6. The second-order valence-corrected chi connectivity index (χ2v) is 7.92. The van der Waals surface area contributed by atoms with Crippen molar-refractivity contribution in [1.29, 1.82) is 0 Å². The first-order valence-electron chi connectivity index (χ1n) is 7.88. The SMILES string of the molecule is O=C1C(=Cc2cc3oc(-c4ccco4)cc3s2)C(=O)c2cc(Cl)c(Cl)cc21. The zero-order valence-electron chi connectivity index (χ0n) is 13.4. The monoisotopic (exact) mass is 414 g/mol. The molecule has 1 aliphatic carbocycles. The fraction of sp³-hybridized carbons (Fsp3) is 0. The maximum atomic E-state index is 12.6. The molecule has 0 saturated carbocycles. The van der Waals surface area contributed by atoms with Crippen molar-refractivity contribution < 1.29 is 18.4 Å². The van der Waals surface area contributed by atoms with Gasteiger partial charge in [0.05, 0.1) is 26.6 Å². The van der Waals surface area contributed by atoms with Gasteiger partial charge in [0, 0.05) is 22.1 Å². The van der Waals surface area contributed by atoms with E-state index in [4.69, 9.17) is 32.0 Å². The first kappa shape index (κ1) is 16.6. The Morgan fingerprint density at radius 2 is 1.63 bits per heavy atom. The summed E-state index contributed by atoms with van der Waals surface area (Å²) in [6.07, 6.45) is 3.16. The lowest BCUT2D eigenvalue weighted by Gasteiger charge is -1.98. The highest BCUT2D eigenvalue weighted by Gasteiger charge is 2.34. The molecule has 7 heteroatoms. The molecule has 0 atom stereocenters. The molecule has 0 radical (unpaired) electrons. The molecule has 4 aromatic rings. The molecule has 0 aliphatic heterocycles. The number of rotatable bonds is 2. The van der Waals surface area contributed by atoms with Crippen LogP contribution in [0.3, 0.4) is 0 Å². The Bertz CT molecular complexity index is 1200. The second-order valence-electron chi connectivity index (χ2n) is 5.99. The Morgan fingerprint density at radius 3 is 2.22 bits per heavy atom. The number of carbonyl (C=O) groups is 2. The number of fused-ring (bicyclic) bond motifs is 2. The number of halogens is 2. The molecule has 5 rings (SSSR count). The minimum atomic E-state index is -0.352. The molecule has 1 aromatic carbocycles. The average Bonchev–Trinajstić information content (AvgIpc) is 3.38. The van der Waals surface area contributed by atoms with Crippen molar-refractivity contribution in [3.05, 3.63) is 74.3 Å². The van der Waals surface area contributed by atoms with E-state index in [1.165, 1.54) is 23.5 Å². The highest BCUT2D eigenvalue weighted by Crippen LogP contribution is 2.37. The lowest BCUT2D eigenvalue weighted by atomic mass is 10.1. The highest BCUT2D eigenvalue weighted by molar-refractivity contribution is 7.19. The lowest BCUT2D eigenvalue weighted by Crippen LogP contribution is -1.99. The number of Topliss-reactive ketones (excluding diaryl/α,β-unsaturated/α-hetero) is 2. The van der Waals surface area contributed by atoms with E-state index in [0.29, 0.717) is 17.1 Å². The van der Waals surface area contributed by atoms with Crippen LogP contribution in [0.1, 0.15) is 25.6 Å². The Morgan fingerprint density at radius 1 is 0.926 bits per heavy atom. The van der Waals surface area contributed by atoms with Crippen LogP contribution >= 0.6 is 34.5 Å². The first-order chi connectivity index (χ1) is 13.0. The summed E-state index contributed by atoms with van der Waals surface area (Å²) in [6.45, 7) is 0. The van der Waals surface area contributed by atoms with Crippen LogP contribution in [0.15, 0.2) is 57.1 Å². The van der Waals surface area contributed by atoms with Gasteiger partial charge in [-0.05, 0) is 36.4 Å². The van der Waals surface area contributed by atoms with Gasteiger partial charge in [0.25, 0.3) is 0 Å². The van der Waals surface area contributed by atoms with Crippen molar-refractivity contribution in [1.82, 2.24) is 0 Å². The van der Waals surface area contributed by atoms with Crippen LogP contribution in [0.2, 0.25) is 10.0 Å². The van der Waals surface area contributed by atoms with Gasteiger partial charge >= 0.3 is 0 Å². The Balaban J connectivity index is 1.54. The van der Waals surface area contributed by atoms with Gasteiger partial charge in [-0.3, -0.25) is 9.59 Å². The molecule has 0 amide bonds. The van der Waals surface area contributed by atoms with Gasteiger partial charge < -0.3 is 8.83 Å². The number of furan rings is 2. The first-order valence-corrected chi connectivity index (χ1v) is 9.46. The van der Waals surface area contributed by atoms with Crippen LogP contribution < -0.4 is 0 Å². The van der Waals surface area contributed by atoms with E-state index in [2.05, 4.69) is 0 Å². The number of benzene rings is 1.